The van der Waals surface area contributed by atoms with Crippen LogP contribution in [0.2, 0.25) is 0 Å². The number of aliphatic hydroxyl groups is 1. The summed E-state index contributed by atoms with van der Waals surface area (Å²) in [7, 11) is 0. The van der Waals surface area contributed by atoms with Gasteiger partial charge in [-0.25, -0.2) is 0 Å². The molecule has 0 saturated heterocycles. The quantitative estimate of drug-likeness (QED) is 0.803. The summed E-state index contributed by atoms with van der Waals surface area (Å²) in [4.78, 5) is 0. The van der Waals surface area contributed by atoms with Crippen molar-refractivity contribution in [3.8, 4) is 0 Å². The van der Waals surface area contributed by atoms with Crippen molar-refractivity contribution in [1.29, 1.82) is 0 Å². The zero-order valence-corrected chi connectivity index (χ0v) is 12.5. The molecular formula is C13H16ClF6NO. The third-order valence-electron chi connectivity index (χ3n) is 3.27. The second-order valence-electron chi connectivity index (χ2n) is 5.42. The minimum absolute atomic E-state index is 0. The second kappa shape index (κ2) is 6.64. The fraction of sp³-hybridized carbons (Fsp3) is 0.538. The van der Waals surface area contributed by atoms with Crippen LogP contribution in [-0.2, 0) is 12.4 Å². The molecule has 0 radical (unpaired) electrons. The monoisotopic (exact) mass is 351 g/mol. The van der Waals surface area contributed by atoms with Gasteiger partial charge < -0.3 is 10.8 Å². The highest BCUT2D eigenvalue weighted by Crippen LogP contribution is 2.42. The van der Waals surface area contributed by atoms with Gasteiger partial charge in [0.1, 0.15) is 0 Å². The van der Waals surface area contributed by atoms with E-state index >= 15 is 0 Å². The van der Waals surface area contributed by atoms with E-state index < -0.39 is 47.1 Å². The first-order valence-electron chi connectivity index (χ1n) is 5.95. The second-order valence-corrected chi connectivity index (χ2v) is 5.42. The van der Waals surface area contributed by atoms with Crippen LogP contribution in [0.25, 0.3) is 0 Å². The lowest BCUT2D eigenvalue weighted by atomic mass is 9.79. The molecule has 0 spiro atoms. The van der Waals surface area contributed by atoms with Crippen LogP contribution >= 0.6 is 12.4 Å². The molecule has 0 heterocycles. The van der Waals surface area contributed by atoms with Crippen LogP contribution in [-0.4, -0.2) is 11.7 Å². The smallest absolute Gasteiger partial charge is 0.396 e. The molecular weight excluding hydrogens is 336 g/mol. The molecule has 0 aromatic heterocycles. The van der Waals surface area contributed by atoms with Crippen LogP contribution in [0.15, 0.2) is 18.2 Å². The molecule has 0 aliphatic rings. The number of hydrogen-bond acceptors (Lipinski definition) is 2. The molecule has 9 heteroatoms. The molecule has 0 bridgehead atoms. The van der Waals surface area contributed by atoms with E-state index in [1.807, 2.05) is 0 Å². The number of aliphatic hydroxyl groups excluding tert-OH is 1. The highest BCUT2D eigenvalue weighted by atomic mass is 35.5. The molecule has 1 aromatic rings. The Morgan fingerprint density at radius 2 is 1.55 bits per heavy atom. The molecule has 0 fully saturated rings. The molecule has 128 valence electrons. The van der Waals surface area contributed by atoms with Crippen LogP contribution in [0, 0.1) is 5.41 Å². The first-order valence-corrected chi connectivity index (χ1v) is 5.95. The van der Waals surface area contributed by atoms with Crippen LogP contribution in [0.1, 0.15) is 36.6 Å². The van der Waals surface area contributed by atoms with Gasteiger partial charge in [0.15, 0.2) is 0 Å². The van der Waals surface area contributed by atoms with Crippen molar-refractivity contribution in [3.63, 3.8) is 0 Å². The van der Waals surface area contributed by atoms with Crippen molar-refractivity contribution in [2.24, 2.45) is 11.1 Å². The number of hydrogen-bond donors (Lipinski definition) is 2. The van der Waals surface area contributed by atoms with Crippen LogP contribution in [0.3, 0.4) is 0 Å². The number of halogens is 7. The van der Waals surface area contributed by atoms with E-state index in [4.69, 9.17) is 10.8 Å². The SMILES string of the molecule is CC(C)(CO)[C@H](N)c1cc(C(F)(F)F)ccc1C(F)(F)F.Cl. The molecule has 3 N–H and O–H groups in total. The molecule has 1 rings (SSSR count). The summed E-state index contributed by atoms with van der Waals surface area (Å²) in [6, 6.07) is -0.275. The Kier molecular flexibility index (Phi) is 6.34. The normalized spacial score (nSPS) is 14.5. The van der Waals surface area contributed by atoms with Gasteiger partial charge in [-0.2, -0.15) is 26.3 Å². The van der Waals surface area contributed by atoms with E-state index in [9.17, 15) is 26.3 Å². The molecule has 1 aromatic carbocycles. The zero-order chi connectivity index (χ0) is 16.6. The largest absolute Gasteiger partial charge is 0.416 e. The Balaban J connectivity index is 0.00000441. The Morgan fingerprint density at radius 3 is 1.91 bits per heavy atom. The van der Waals surface area contributed by atoms with Gasteiger partial charge in [-0.1, -0.05) is 13.8 Å². The molecule has 22 heavy (non-hydrogen) atoms. The lowest BCUT2D eigenvalue weighted by molar-refractivity contribution is -0.142. The van der Waals surface area contributed by atoms with E-state index in [2.05, 4.69) is 0 Å². The first kappa shape index (κ1) is 21.0. The van der Waals surface area contributed by atoms with E-state index in [0.717, 1.165) is 0 Å². The van der Waals surface area contributed by atoms with Crippen molar-refractivity contribution >= 4 is 12.4 Å². The lowest BCUT2D eigenvalue weighted by Gasteiger charge is -2.32. The van der Waals surface area contributed by atoms with Crippen LogP contribution in [0.4, 0.5) is 26.3 Å². The van der Waals surface area contributed by atoms with Crippen molar-refractivity contribution in [3.05, 3.63) is 34.9 Å². The van der Waals surface area contributed by atoms with Gasteiger partial charge in [-0.3, -0.25) is 0 Å². The number of rotatable bonds is 3. The molecule has 1 atom stereocenters. The first-order chi connectivity index (χ1) is 9.30. The predicted octanol–water partition coefficient (Wildman–Crippen LogP) is 4.16. The minimum Gasteiger partial charge on any atom is -0.396 e. The molecule has 0 aliphatic carbocycles. The number of alkyl halides is 6. The fourth-order valence-corrected chi connectivity index (χ4v) is 1.77. The topological polar surface area (TPSA) is 46.2 Å². The Hall–Kier alpha value is -0.990. The van der Waals surface area contributed by atoms with Gasteiger partial charge >= 0.3 is 12.4 Å². The van der Waals surface area contributed by atoms with E-state index in [1.165, 1.54) is 13.8 Å². The minimum atomic E-state index is -4.83. The molecule has 0 amide bonds. The summed E-state index contributed by atoms with van der Waals surface area (Å²) in [6.07, 6.45) is -9.61. The molecule has 0 saturated carbocycles. The Labute approximate surface area is 129 Å². The van der Waals surface area contributed by atoms with Gasteiger partial charge in [0.25, 0.3) is 0 Å². The van der Waals surface area contributed by atoms with Gasteiger partial charge in [0.2, 0.25) is 0 Å². The summed E-state index contributed by atoms with van der Waals surface area (Å²) >= 11 is 0. The van der Waals surface area contributed by atoms with Crippen LogP contribution < -0.4 is 5.73 Å². The van der Waals surface area contributed by atoms with Gasteiger partial charge in [0.05, 0.1) is 11.1 Å². The molecule has 2 nitrogen and oxygen atoms in total. The van der Waals surface area contributed by atoms with Gasteiger partial charge in [-0.15, -0.1) is 12.4 Å². The summed E-state index contributed by atoms with van der Waals surface area (Å²) in [5.74, 6) is 0. The standard InChI is InChI=1S/C13H15F6NO.ClH/c1-11(2,6-21)10(20)8-5-7(12(14,15)16)3-4-9(8)13(17,18)19;/h3-5,10,21H,6,20H2,1-2H3;1H/t10-;/m1./s1. The van der Waals surface area contributed by atoms with Crippen LogP contribution in [0.5, 0.6) is 0 Å². The zero-order valence-electron chi connectivity index (χ0n) is 11.7. The van der Waals surface area contributed by atoms with Crippen molar-refractivity contribution in [2.75, 3.05) is 6.61 Å². The summed E-state index contributed by atoms with van der Waals surface area (Å²) in [5.41, 5.74) is 1.33. The summed E-state index contributed by atoms with van der Waals surface area (Å²) in [5, 5.41) is 9.17. The van der Waals surface area contributed by atoms with E-state index in [-0.39, 0.29) is 12.4 Å². The lowest BCUT2D eigenvalue weighted by Crippen LogP contribution is -2.34. The predicted molar refractivity (Wildman–Crippen MR) is 71.5 cm³/mol. The highest BCUT2D eigenvalue weighted by molar-refractivity contribution is 5.85. The average Bonchev–Trinajstić information content (AvgIpc) is 2.35. The Bertz CT molecular complexity index is 512. The molecule has 0 aliphatic heterocycles. The third-order valence-corrected chi connectivity index (χ3v) is 3.27. The highest BCUT2D eigenvalue weighted by Gasteiger charge is 2.40. The van der Waals surface area contributed by atoms with Crippen molar-refractivity contribution in [2.45, 2.75) is 32.2 Å². The maximum Gasteiger partial charge on any atom is 0.416 e. The van der Waals surface area contributed by atoms with Gasteiger partial charge in [-0.05, 0) is 23.8 Å². The van der Waals surface area contributed by atoms with Crippen molar-refractivity contribution < 1.29 is 31.4 Å². The maximum atomic E-state index is 12.9. The van der Waals surface area contributed by atoms with E-state index in [1.54, 1.807) is 0 Å². The van der Waals surface area contributed by atoms with E-state index in [0.29, 0.717) is 18.2 Å². The fourth-order valence-electron chi connectivity index (χ4n) is 1.77. The van der Waals surface area contributed by atoms with Gasteiger partial charge in [0, 0.05) is 18.1 Å². The third kappa shape index (κ3) is 4.50. The maximum absolute atomic E-state index is 12.9. The number of benzene rings is 1. The molecule has 0 unspecified atom stereocenters. The number of nitrogens with two attached hydrogens (primary N) is 1. The average molecular weight is 352 g/mol. The van der Waals surface area contributed by atoms with Crippen molar-refractivity contribution in [1.82, 2.24) is 0 Å². The summed E-state index contributed by atoms with van der Waals surface area (Å²) in [6.45, 7) is 2.18. The Morgan fingerprint density at radius 1 is 1.05 bits per heavy atom. The summed E-state index contributed by atoms with van der Waals surface area (Å²) < 4.78 is 76.8.